The lowest BCUT2D eigenvalue weighted by atomic mass is 9.83. The predicted octanol–water partition coefficient (Wildman–Crippen LogP) is 3.14. The molecule has 1 aliphatic carbocycles. The highest BCUT2D eigenvalue weighted by molar-refractivity contribution is 5.45. The lowest BCUT2D eigenvalue weighted by Gasteiger charge is -2.33. The Morgan fingerprint density at radius 2 is 2.00 bits per heavy atom. The summed E-state index contributed by atoms with van der Waals surface area (Å²) in [6.07, 6.45) is 10.4. The van der Waals surface area contributed by atoms with E-state index in [1.54, 1.807) is 0 Å². The average Bonchev–Trinajstić information content (AvgIpc) is 2.75. The minimum atomic E-state index is 0.666. The van der Waals surface area contributed by atoms with Crippen LogP contribution in [0.3, 0.4) is 0 Å². The number of nitrogens with one attached hydrogen (secondary N) is 1. The van der Waals surface area contributed by atoms with Gasteiger partial charge in [0.15, 0.2) is 0 Å². The number of anilines is 1. The van der Waals surface area contributed by atoms with Gasteiger partial charge >= 0.3 is 0 Å². The fourth-order valence-electron chi connectivity index (χ4n) is 3.68. The van der Waals surface area contributed by atoms with Crippen LogP contribution >= 0.6 is 0 Å². The first-order chi connectivity index (χ1) is 9.83. The van der Waals surface area contributed by atoms with Crippen LogP contribution in [0.4, 0.5) is 5.69 Å². The van der Waals surface area contributed by atoms with Crippen molar-refractivity contribution in [3.63, 3.8) is 0 Å². The number of nitrogens with zero attached hydrogens (tertiary/aromatic N) is 2. The zero-order valence-electron chi connectivity index (χ0n) is 12.6. The van der Waals surface area contributed by atoms with Gasteiger partial charge < -0.3 is 10.2 Å². The van der Waals surface area contributed by atoms with Gasteiger partial charge in [0, 0.05) is 24.8 Å². The monoisotopic (exact) mass is 273 g/mol. The molecule has 0 amide bonds. The van der Waals surface area contributed by atoms with Crippen LogP contribution in [0.15, 0.2) is 18.3 Å². The molecule has 0 spiro atoms. The van der Waals surface area contributed by atoms with Gasteiger partial charge in [0.1, 0.15) is 0 Å². The molecule has 1 aromatic heterocycles. The second-order valence-electron chi connectivity index (χ2n) is 6.42. The average molecular weight is 273 g/mol. The van der Waals surface area contributed by atoms with Gasteiger partial charge in [0.2, 0.25) is 0 Å². The Labute approximate surface area is 122 Å². The van der Waals surface area contributed by atoms with Crippen molar-refractivity contribution >= 4 is 5.69 Å². The van der Waals surface area contributed by atoms with Gasteiger partial charge in [0.25, 0.3) is 0 Å². The molecule has 0 radical (unpaired) electrons. The molecule has 1 saturated heterocycles. The summed E-state index contributed by atoms with van der Waals surface area (Å²) in [5.41, 5.74) is 2.39. The Kier molecular flexibility index (Phi) is 4.56. The smallest absolute Gasteiger partial charge is 0.0553 e. The van der Waals surface area contributed by atoms with Crippen LogP contribution in [0.1, 0.15) is 44.2 Å². The Morgan fingerprint density at radius 3 is 2.75 bits per heavy atom. The topological polar surface area (TPSA) is 28.2 Å². The predicted molar refractivity (Wildman–Crippen MR) is 84.2 cm³/mol. The number of hydrogen-bond acceptors (Lipinski definition) is 3. The minimum absolute atomic E-state index is 0.666. The maximum absolute atomic E-state index is 4.46. The van der Waals surface area contributed by atoms with Gasteiger partial charge in [-0.3, -0.25) is 4.98 Å². The third kappa shape index (κ3) is 3.32. The van der Waals surface area contributed by atoms with Crippen LogP contribution in [-0.2, 0) is 0 Å². The molecule has 0 bridgehead atoms. The molecule has 2 heterocycles. The van der Waals surface area contributed by atoms with E-state index in [1.807, 2.05) is 6.20 Å². The van der Waals surface area contributed by atoms with E-state index in [1.165, 1.54) is 44.2 Å². The standard InChI is InChI=1S/C17H27N3/c1-14-8-9-16(12-19-14)20-11-5-10-18-17(13-20)15-6-3-2-4-7-15/h8-9,12,15,17-18H,2-7,10-11,13H2,1H3. The van der Waals surface area contributed by atoms with Crippen LogP contribution < -0.4 is 10.2 Å². The molecule has 1 N–H and O–H groups in total. The van der Waals surface area contributed by atoms with E-state index >= 15 is 0 Å². The summed E-state index contributed by atoms with van der Waals surface area (Å²) in [6.45, 7) is 5.52. The van der Waals surface area contributed by atoms with Crippen LogP contribution in [-0.4, -0.2) is 30.7 Å². The van der Waals surface area contributed by atoms with Crippen LogP contribution in [0.2, 0.25) is 0 Å². The SMILES string of the molecule is Cc1ccc(N2CCCNC(C3CCCCC3)C2)cn1. The maximum Gasteiger partial charge on any atom is 0.0553 e. The first-order valence-electron chi connectivity index (χ1n) is 8.24. The first kappa shape index (κ1) is 13.9. The maximum atomic E-state index is 4.46. The van der Waals surface area contributed by atoms with E-state index in [0.717, 1.165) is 31.2 Å². The Hall–Kier alpha value is -1.09. The molecular weight excluding hydrogens is 246 g/mol. The summed E-state index contributed by atoms with van der Waals surface area (Å²) in [4.78, 5) is 6.99. The molecule has 110 valence electrons. The second kappa shape index (κ2) is 6.57. The van der Waals surface area contributed by atoms with Crippen molar-refractivity contribution in [2.24, 2.45) is 5.92 Å². The highest BCUT2D eigenvalue weighted by atomic mass is 15.2. The fraction of sp³-hybridized carbons (Fsp3) is 0.706. The summed E-state index contributed by atoms with van der Waals surface area (Å²) >= 11 is 0. The van der Waals surface area contributed by atoms with Crippen LogP contribution in [0.25, 0.3) is 0 Å². The Balaban J connectivity index is 1.69. The first-order valence-corrected chi connectivity index (χ1v) is 8.24. The summed E-state index contributed by atoms with van der Waals surface area (Å²) in [6, 6.07) is 5.02. The molecule has 1 atom stereocenters. The van der Waals surface area contributed by atoms with E-state index in [9.17, 15) is 0 Å². The van der Waals surface area contributed by atoms with E-state index < -0.39 is 0 Å². The van der Waals surface area contributed by atoms with E-state index in [-0.39, 0.29) is 0 Å². The van der Waals surface area contributed by atoms with Gasteiger partial charge in [0.05, 0.1) is 11.9 Å². The zero-order valence-corrected chi connectivity index (χ0v) is 12.6. The second-order valence-corrected chi connectivity index (χ2v) is 6.42. The third-order valence-corrected chi connectivity index (χ3v) is 4.91. The van der Waals surface area contributed by atoms with Crippen molar-refractivity contribution in [3.8, 4) is 0 Å². The van der Waals surface area contributed by atoms with Gasteiger partial charge in [-0.15, -0.1) is 0 Å². The molecule has 20 heavy (non-hydrogen) atoms. The molecule has 2 fully saturated rings. The number of hydrogen-bond donors (Lipinski definition) is 1. The Bertz CT molecular complexity index is 409. The zero-order chi connectivity index (χ0) is 13.8. The highest BCUT2D eigenvalue weighted by Gasteiger charge is 2.27. The van der Waals surface area contributed by atoms with Gasteiger partial charge in [-0.1, -0.05) is 19.3 Å². The molecule has 0 aromatic carbocycles. The van der Waals surface area contributed by atoms with Crippen LogP contribution in [0.5, 0.6) is 0 Å². The molecule has 1 saturated carbocycles. The minimum Gasteiger partial charge on any atom is -0.369 e. The molecule has 2 aliphatic rings. The quantitative estimate of drug-likeness (QED) is 0.897. The number of aryl methyl sites for hydroxylation is 1. The lowest BCUT2D eigenvalue weighted by molar-refractivity contribution is 0.277. The summed E-state index contributed by atoms with van der Waals surface area (Å²) in [5.74, 6) is 0.878. The van der Waals surface area contributed by atoms with Crippen molar-refractivity contribution in [1.29, 1.82) is 0 Å². The normalized spacial score (nSPS) is 25.4. The molecule has 3 heteroatoms. The fourth-order valence-corrected chi connectivity index (χ4v) is 3.68. The summed E-state index contributed by atoms with van der Waals surface area (Å²) < 4.78 is 0. The van der Waals surface area contributed by atoms with E-state index in [2.05, 4.69) is 34.3 Å². The van der Waals surface area contributed by atoms with Gasteiger partial charge in [-0.25, -0.2) is 0 Å². The number of pyridine rings is 1. The molecule has 1 unspecified atom stereocenters. The van der Waals surface area contributed by atoms with E-state index in [4.69, 9.17) is 0 Å². The Morgan fingerprint density at radius 1 is 1.15 bits per heavy atom. The van der Waals surface area contributed by atoms with Gasteiger partial charge in [-0.05, 0) is 50.8 Å². The summed E-state index contributed by atoms with van der Waals surface area (Å²) in [7, 11) is 0. The van der Waals surface area contributed by atoms with Crippen LogP contribution in [0, 0.1) is 12.8 Å². The van der Waals surface area contributed by atoms with Crippen molar-refractivity contribution in [3.05, 3.63) is 24.0 Å². The molecular formula is C17H27N3. The summed E-state index contributed by atoms with van der Waals surface area (Å²) in [5, 5.41) is 3.80. The third-order valence-electron chi connectivity index (χ3n) is 4.91. The number of rotatable bonds is 2. The largest absolute Gasteiger partial charge is 0.369 e. The van der Waals surface area contributed by atoms with Gasteiger partial charge in [-0.2, -0.15) is 0 Å². The number of aromatic nitrogens is 1. The molecule has 1 aliphatic heterocycles. The van der Waals surface area contributed by atoms with Crippen molar-refractivity contribution in [1.82, 2.24) is 10.3 Å². The van der Waals surface area contributed by atoms with Crippen molar-refractivity contribution < 1.29 is 0 Å². The molecule has 1 aromatic rings. The van der Waals surface area contributed by atoms with Crippen molar-refractivity contribution in [2.75, 3.05) is 24.5 Å². The van der Waals surface area contributed by atoms with Crippen molar-refractivity contribution in [2.45, 2.75) is 51.5 Å². The van der Waals surface area contributed by atoms with E-state index in [0.29, 0.717) is 6.04 Å². The molecule has 3 rings (SSSR count). The highest BCUT2D eigenvalue weighted by Crippen LogP contribution is 2.28. The lowest BCUT2D eigenvalue weighted by Crippen LogP contribution is -2.43. The molecule has 3 nitrogen and oxygen atoms in total.